The zero-order valence-corrected chi connectivity index (χ0v) is 24.5. The van der Waals surface area contributed by atoms with Gasteiger partial charge >= 0.3 is 12.4 Å². The molecular formula is C28H33F6N9. The van der Waals surface area contributed by atoms with Crippen LogP contribution in [-0.2, 0) is 39.5 Å². The first-order valence-corrected chi connectivity index (χ1v) is 13.9. The van der Waals surface area contributed by atoms with Gasteiger partial charge in [-0.3, -0.25) is 4.68 Å². The lowest BCUT2D eigenvalue weighted by molar-refractivity contribution is -0.143. The smallest absolute Gasteiger partial charge is 0.356 e. The monoisotopic (exact) mass is 609 g/mol. The van der Waals surface area contributed by atoms with Crippen molar-refractivity contribution >= 4 is 22.8 Å². The van der Waals surface area contributed by atoms with E-state index in [1.165, 1.54) is 16.7 Å². The predicted molar refractivity (Wildman–Crippen MR) is 148 cm³/mol. The summed E-state index contributed by atoms with van der Waals surface area (Å²) in [7, 11) is 3.33. The van der Waals surface area contributed by atoms with Gasteiger partial charge in [0.05, 0.1) is 23.9 Å². The van der Waals surface area contributed by atoms with E-state index in [-0.39, 0.29) is 30.7 Å². The van der Waals surface area contributed by atoms with Gasteiger partial charge in [-0.1, -0.05) is 18.9 Å². The number of nitrogens with zero attached hydrogens (tertiary/aromatic N) is 9. The second kappa shape index (κ2) is 11.3. The molecule has 0 aliphatic heterocycles. The number of aromatic nitrogens is 7. The van der Waals surface area contributed by atoms with Crippen LogP contribution in [0.2, 0.25) is 0 Å². The van der Waals surface area contributed by atoms with Gasteiger partial charge in [0.1, 0.15) is 5.82 Å². The molecule has 0 bridgehead atoms. The highest BCUT2D eigenvalue weighted by Gasteiger charge is 2.37. The molecule has 1 aliphatic carbocycles. The molecule has 0 saturated heterocycles. The van der Waals surface area contributed by atoms with Crippen molar-refractivity contribution in [2.75, 3.05) is 22.9 Å². The summed E-state index contributed by atoms with van der Waals surface area (Å²) >= 11 is 0. The third-order valence-electron chi connectivity index (χ3n) is 7.28. The molecule has 0 unspecified atom stereocenters. The van der Waals surface area contributed by atoms with E-state index >= 15 is 0 Å². The summed E-state index contributed by atoms with van der Waals surface area (Å²) in [6.07, 6.45) is -7.70. The lowest BCUT2D eigenvalue weighted by Crippen LogP contribution is -2.33. The first kappa shape index (κ1) is 30.5. The Hall–Kier alpha value is -3.91. The van der Waals surface area contributed by atoms with Crippen LogP contribution in [0, 0.1) is 18.8 Å². The first-order valence-electron chi connectivity index (χ1n) is 13.9. The molecule has 0 amide bonds. The summed E-state index contributed by atoms with van der Waals surface area (Å²) in [4.78, 5) is 9.94. The van der Waals surface area contributed by atoms with Gasteiger partial charge in [-0.15, -0.1) is 5.10 Å². The molecule has 15 heteroatoms. The molecular weight excluding hydrogens is 576 g/mol. The standard InChI is InChI=1S/C28H33F6N9/c1-16(2)12-42(13-18-6-7-18)24-20(10-23-17(3)37-40(4)25(23)35-24)15-43(26-36-39-41(5)38-26)14-19-8-21(27(29,30)31)11-22(9-19)28(32,33)34/h8-11,16,18H,6-7,12-15H2,1-5H3. The van der Waals surface area contributed by atoms with E-state index < -0.39 is 23.5 Å². The van der Waals surface area contributed by atoms with Crippen molar-refractivity contribution in [3.63, 3.8) is 0 Å². The van der Waals surface area contributed by atoms with Gasteiger partial charge in [0.15, 0.2) is 5.65 Å². The zero-order valence-electron chi connectivity index (χ0n) is 24.5. The largest absolute Gasteiger partial charge is 0.416 e. The maximum absolute atomic E-state index is 13.6. The van der Waals surface area contributed by atoms with E-state index in [1.807, 2.05) is 13.0 Å². The highest BCUT2D eigenvalue weighted by molar-refractivity contribution is 5.81. The maximum Gasteiger partial charge on any atom is 0.416 e. The fourth-order valence-electron chi connectivity index (χ4n) is 5.20. The number of fused-ring (bicyclic) bond motifs is 1. The molecule has 232 valence electrons. The van der Waals surface area contributed by atoms with Gasteiger partial charge in [0.2, 0.25) is 0 Å². The van der Waals surface area contributed by atoms with Crippen molar-refractivity contribution < 1.29 is 26.3 Å². The zero-order chi connectivity index (χ0) is 31.3. The van der Waals surface area contributed by atoms with Crippen LogP contribution in [0.15, 0.2) is 24.3 Å². The minimum Gasteiger partial charge on any atom is -0.356 e. The maximum atomic E-state index is 13.6. The number of halogens is 6. The topological polar surface area (TPSA) is 80.8 Å². The van der Waals surface area contributed by atoms with E-state index in [0.29, 0.717) is 29.8 Å². The SMILES string of the molecule is Cc1nn(C)c2nc(N(CC(C)C)CC3CC3)c(CN(Cc3cc(C(F)(F)F)cc(C(F)(F)F)c3)c3nnn(C)n3)cc12. The fourth-order valence-corrected chi connectivity index (χ4v) is 5.20. The molecule has 9 nitrogen and oxygen atoms in total. The van der Waals surface area contributed by atoms with Crippen LogP contribution < -0.4 is 9.80 Å². The van der Waals surface area contributed by atoms with Gasteiger partial charge in [-0.25, -0.2) is 4.98 Å². The fraction of sp³-hybridized carbons (Fsp3) is 0.536. The van der Waals surface area contributed by atoms with E-state index in [2.05, 4.69) is 39.3 Å². The van der Waals surface area contributed by atoms with Crippen LogP contribution in [-0.4, -0.2) is 48.1 Å². The van der Waals surface area contributed by atoms with Gasteiger partial charge in [0, 0.05) is 44.2 Å². The molecule has 1 aromatic carbocycles. The summed E-state index contributed by atoms with van der Waals surface area (Å²) < 4.78 is 83.6. The minimum atomic E-state index is -4.97. The molecule has 0 spiro atoms. The molecule has 3 heterocycles. The van der Waals surface area contributed by atoms with Crippen molar-refractivity contribution in [3.05, 3.63) is 52.2 Å². The Morgan fingerprint density at radius 2 is 1.56 bits per heavy atom. The number of rotatable bonds is 10. The highest BCUT2D eigenvalue weighted by Crippen LogP contribution is 2.38. The number of aryl methyl sites for hydroxylation is 3. The number of hydrogen-bond acceptors (Lipinski definition) is 7. The predicted octanol–water partition coefficient (Wildman–Crippen LogP) is 5.92. The number of anilines is 2. The Morgan fingerprint density at radius 3 is 2.09 bits per heavy atom. The van der Waals surface area contributed by atoms with Crippen molar-refractivity contribution in [1.29, 1.82) is 0 Å². The lowest BCUT2D eigenvalue weighted by atomic mass is 10.0. The van der Waals surface area contributed by atoms with Crippen LogP contribution >= 0.6 is 0 Å². The van der Waals surface area contributed by atoms with Crippen molar-refractivity contribution in [2.24, 2.45) is 25.9 Å². The Balaban J connectivity index is 1.62. The summed E-state index contributed by atoms with van der Waals surface area (Å²) in [6, 6.07) is 3.52. The highest BCUT2D eigenvalue weighted by atomic mass is 19.4. The Bertz CT molecular complexity index is 1560. The normalized spacial score (nSPS) is 14.2. The molecule has 0 radical (unpaired) electrons. The number of benzene rings is 1. The Morgan fingerprint density at radius 1 is 0.907 bits per heavy atom. The van der Waals surface area contributed by atoms with Crippen LogP contribution in [0.1, 0.15) is 54.6 Å². The number of alkyl halides is 6. The van der Waals surface area contributed by atoms with E-state index in [4.69, 9.17) is 4.98 Å². The van der Waals surface area contributed by atoms with E-state index in [0.717, 1.165) is 48.2 Å². The van der Waals surface area contributed by atoms with Crippen LogP contribution in [0.4, 0.5) is 38.1 Å². The number of pyridine rings is 1. The van der Waals surface area contributed by atoms with Crippen molar-refractivity contribution in [3.8, 4) is 0 Å². The summed E-state index contributed by atoms with van der Waals surface area (Å²) in [6.45, 7) is 7.27. The molecule has 0 atom stereocenters. The number of hydrogen-bond donors (Lipinski definition) is 0. The Kier molecular flexibility index (Phi) is 8.03. The molecule has 3 aromatic heterocycles. The van der Waals surface area contributed by atoms with Gasteiger partial charge in [0.25, 0.3) is 5.95 Å². The van der Waals surface area contributed by atoms with Gasteiger partial charge < -0.3 is 9.80 Å². The van der Waals surface area contributed by atoms with Crippen molar-refractivity contribution in [2.45, 2.75) is 59.1 Å². The molecule has 1 fully saturated rings. The van der Waals surface area contributed by atoms with Crippen LogP contribution in [0.25, 0.3) is 11.0 Å². The summed E-state index contributed by atoms with van der Waals surface area (Å²) in [5.74, 6) is 1.58. The lowest BCUT2D eigenvalue weighted by Gasteiger charge is -2.30. The molecule has 5 rings (SSSR count). The average molecular weight is 610 g/mol. The molecule has 4 aromatic rings. The Labute approximate surface area is 244 Å². The molecule has 0 N–H and O–H groups in total. The van der Waals surface area contributed by atoms with Crippen LogP contribution in [0.3, 0.4) is 0 Å². The average Bonchev–Trinajstić information content (AvgIpc) is 3.54. The second-order valence-corrected chi connectivity index (χ2v) is 11.6. The quantitative estimate of drug-likeness (QED) is 0.207. The molecule has 1 aliphatic rings. The van der Waals surface area contributed by atoms with Gasteiger partial charge in [-0.2, -0.15) is 36.2 Å². The number of tetrazole rings is 1. The summed E-state index contributed by atoms with van der Waals surface area (Å²) in [5.41, 5.74) is -0.816. The second-order valence-electron chi connectivity index (χ2n) is 11.6. The third-order valence-corrected chi connectivity index (χ3v) is 7.28. The van der Waals surface area contributed by atoms with Crippen LogP contribution in [0.5, 0.6) is 0 Å². The van der Waals surface area contributed by atoms with E-state index in [1.54, 1.807) is 11.7 Å². The van der Waals surface area contributed by atoms with Crippen molar-refractivity contribution in [1.82, 2.24) is 35.0 Å². The van der Waals surface area contributed by atoms with Gasteiger partial charge in [-0.05, 0) is 66.6 Å². The minimum absolute atomic E-state index is 0.0508. The first-order chi connectivity index (χ1) is 20.1. The van der Waals surface area contributed by atoms with E-state index in [9.17, 15) is 26.3 Å². The molecule has 43 heavy (non-hydrogen) atoms. The summed E-state index contributed by atoms with van der Waals surface area (Å²) in [5, 5.41) is 17.5. The third kappa shape index (κ3) is 7.02. The molecule has 1 saturated carbocycles.